The fourth-order valence-electron chi connectivity index (χ4n) is 3.29. The van der Waals surface area contributed by atoms with E-state index < -0.39 is 0 Å². The van der Waals surface area contributed by atoms with Crippen LogP contribution in [0.1, 0.15) is 37.4 Å². The molecule has 1 aromatic heterocycles. The van der Waals surface area contributed by atoms with Gasteiger partial charge in [0.2, 0.25) is 5.89 Å². The summed E-state index contributed by atoms with van der Waals surface area (Å²) in [6, 6.07) is 0. The highest BCUT2D eigenvalue weighted by molar-refractivity contribution is 4.87. The molecule has 0 unspecified atom stereocenters. The maximum Gasteiger partial charge on any atom is 0.240 e. The zero-order chi connectivity index (χ0) is 13.8. The average molecular weight is 279 g/mol. The van der Waals surface area contributed by atoms with Gasteiger partial charge in [0.25, 0.3) is 0 Å². The first-order valence-electron chi connectivity index (χ1n) is 7.79. The Kier molecular flexibility index (Phi) is 4.65. The monoisotopic (exact) mass is 279 g/mol. The molecule has 2 fully saturated rings. The Hall–Kier alpha value is -0.980. The van der Waals surface area contributed by atoms with Crippen molar-refractivity contribution >= 4 is 0 Å². The lowest BCUT2D eigenvalue weighted by Crippen LogP contribution is -2.37. The lowest BCUT2D eigenvalue weighted by Gasteiger charge is -2.33. The summed E-state index contributed by atoms with van der Waals surface area (Å²) < 4.78 is 5.05. The van der Waals surface area contributed by atoms with E-state index in [1.165, 1.54) is 45.3 Å². The van der Waals surface area contributed by atoms with E-state index in [4.69, 9.17) is 10.3 Å². The van der Waals surface area contributed by atoms with E-state index in [1.54, 1.807) is 0 Å². The first-order valence-corrected chi connectivity index (χ1v) is 7.79. The molecule has 1 aromatic rings. The van der Waals surface area contributed by atoms with Crippen molar-refractivity contribution in [1.29, 1.82) is 0 Å². The van der Waals surface area contributed by atoms with E-state index in [2.05, 4.69) is 19.9 Å². The van der Waals surface area contributed by atoms with Crippen LogP contribution in [0.25, 0.3) is 0 Å². The second-order valence-corrected chi connectivity index (χ2v) is 6.04. The van der Waals surface area contributed by atoms with Crippen LogP contribution in [0.2, 0.25) is 0 Å². The molecule has 20 heavy (non-hydrogen) atoms. The number of hydrogen-bond acceptors (Lipinski definition) is 6. The number of piperidine rings is 1. The normalized spacial score (nSPS) is 22.6. The van der Waals surface area contributed by atoms with Gasteiger partial charge in [-0.2, -0.15) is 4.98 Å². The highest BCUT2D eigenvalue weighted by Crippen LogP contribution is 2.21. The number of aromatic nitrogens is 2. The van der Waals surface area contributed by atoms with Crippen molar-refractivity contribution in [3.8, 4) is 0 Å². The predicted octanol–water partition coefficient (Wildman–Crippen LogP) is 0.836. The van der Waals surface area contributed by atoms with Crippen molar-refractivity contribution in [2.24, 2.45) is 11.7 Å². The Balaban J connectivity index is 1.41. The van der Waals surface area contributed by atoms with E-state index in [1.807, 2.05) is 0 Å². The summed E-state index contributed by atoms with van der Waals surface area (Å²) in [4.78, 5) is 9.33. The standard InChI is InChI=1S/C14H25N5O/c15-9-14-16-13(17-20-14)11-19-7-3-12(4-8-19)10-18-5-1-2-6-18/h12H,1-11,15H2. The largest absolute Gasteiger partial charge is 0.338 e. The minimum absolute atomic E-state index is 0.324. The van der Waals surface area contributed by atoms with Crippen LogP contribution >= 0.6 is 0 Å². The highest BCUT2D eigenvalue weighted by Gasteiger charge is 2.23. The predicted molar refractivity (Wildman–Crippen MR) is 75.9 cm³/mol. The fraction of sp³-hybridized carbons (Fsp3) is 0.857. The first kappa shape index (κ1) is 14.0. The maximum atomic E-state index is 5.48. The van der Waals surface area contributed by atoms with Gasteiger partial charge in [0, 0.05) is 6.54 Å². The van der Waals surface area contributed by atoms with Gasteiger partial charge in [-0.3, -0.25) is 4.90 Å². The summed E-state index contributed by atoms with van der Waals surface area (Å²) in [5.74, 6) is 2.17. The molecule has 2 N–H and O–H groups in total. The third-order valence-electron chi connectivity index (χ3n) is 4.47. The Labute approximate surface area is 120 Å². The van der Waals surface area contributed by atoms with E-state index in [0.29, 0.717) is 12.4 Å². The van der Waals surface area contributed by atoms with Gasteiger partial charge in [-0.1, -0.05) is 5.16 Å². The van der Waals surface area contributed by atoms with Gasteiger partial charge in [-0.25, -0.2) is 0 Å². The molecule has 6 heteroatoms. The van der Waals surface area contributed by atoms with E-state index in [9.17, 15) is 0 Å². The molecule has 0 atom stereocenters. The zero-order valence-electron chi connectivity index (χ0n) is 12.1. The number of likely N-dealkylation sites (tertiary alicyclic amines) is 2. The first-order chi connectivity index (χ1) is 9.83. The van der Waals surface area contributed by atoms with Crippen LogP contribution in [0, 0.1) is 5.92 Å². The van der Waals surface area contributed by atoms with Gasteiger partial charge in [0.05, 0.1) is 13.1 Å². The van der Waals surface area contributed by atoms with Gasteiger partial charge < -0.3 is 15.2 Å². The molecule has 2 saturated heterocycles. The Bertz CT molecular complexity index is 407. The van der Waals surface area contributed by atoms with Crippen LogP contribution in [-0.2, 0) is 13.1 Å². The summed E-state index contributed by atoms with van der Waals surface area (Å²) in [6.45, 7) is 7.32. The lowest BCUT2D eigenvalue weighted by atomic mass is 9.96. The maximum absolute atomic E-state index is 5.48. The molecule has 2 aliphatic heterocycles. The molecular weight excluding hydrogens is 254 g/mol. The summed E-state index contributed by atoms with van der Waals surface area (Å²) in [7, 11) is 0. The van der Waals surface area contributed by atoms with Crippen LogP contribution in [0.4, 0.5) is 0 Å². The number of nitrogens with two attached hydrogens (primary N) is 1. The smallest absolute Gasteiger partial charge is 0.240 e. The Morgan fingerprint density at radius 2 is 1.85 bits per heavy atom. The molecule has 0 bridgehead atoms. The lowest BCUT2D eigenvalue weighted by molar-refractivity contribution is 0.145. The molecule has 0 amide bonds. The SMILES string of the molecule is NCc1nc(CN2CCC(CN3CCCC3)CC2)no1. The molecule has 3 heterocycles. The quantitative estimate of drug-likeness (QED) is 0.861. The molecule has 0 saturated carbocycles. The molecule has 3 rings (SSSR count). The van der Waals surface area contributed by atoms with Crippen molar-refractivity contribution < 1.29 is 4.52 Å². The van der Waals surface area contributed by atoms with Crippen LogP contribution in [0.3, 0.4) is 0 Å². The van der Waals surface area contributed by atoms with Gasteiger partial charge in [0.15, 0.2) is 5.82 Å². The number of hydrogen-bond donors (Lipinski definition) is 1. The number of nitrogens with zero attached hydrogens (tertiary/aromatic N) is 4. The summed E-state index contributed by atoms with van der Waals surface area (Å²) in [6.07, 6.45) is 5.36. The molecule has 2 aliphatic rings. The topological polar surface area (TPSA) is 71.4 Å². The fourth-order valence-corrected chi connectivity index (χ4v) is 3.29. The van der Waals surface area contributed by atoms with Gasteiger partial charge in [-0.15, -0.1) is 0 Å². The minimum atomic E-state index is 0.324. The van der Waals surface area contributed by atoms with Crippen LogP contribution < -0.4 is 5.73 Å². The van der Waals surface area contributed by atoms with Crippen LogP contribution in [0.5, 0.6) is 0 Å². The highest BCUT2D eigenvalue weighted by atomic mass is 16.5. The molecule has 112 valence electrons. The third-order valence-corrected chi connectivity index (χ3v) is 4.47. The Morgan fingerprint density at radius 3 is 2.50 bits per heavy atom. The molecule has 0 spiro atoms. The molecule has 0 aromatic carbocycles. The van der Waals surface area contributed by atoms with Crippen molar-refractivity contribution in [2.45, 2.75) is 38.8 Å². The molecule has 0 aliphatic carbocycles. The van der Waals surface area contributed by atoms with Crippen molar-refractivity contribution in [1.82, 2.24) is 19.9 Å². The summed E-state index contributed by atoms with van der Waals surface area (Å²) >= 11 is 0. The van der Waals surface area contributed by atoms with E-state index >= 15 is 0 Å². The Morgan fingerprint density at radius 1 is 1.10 bits per heavy atom. The third kappa shape index (κ3) is 3.56. The van der Waals surface area contributed by atoms with Crippen LogP contribution in [0.15, 0.2) is 4.52 Å². The van der Waals surface area contributed by atoms with Crippen molar-refractivity contribution in [3.05, 3.63) is 11.7 Å². The van der Waals surface area contributed by atoms with Gasteiger partial charge in [-0.05, 0) is 57.8 Å². The van der Waals surface area contributed by atoms with E-state index in [-0.39, 0.29) is 0 Å². The van der Waals surface area contributed by atoms with Crippen LogP contribution in [-0.4, -0.2) is 52.7 Å². The van der Waals surface area contributed by atoms with Crippen molar-refractivity contribution in [2.75, 3.05) is 32.7 Å². The minimum Gasteiger partial charge on any atom is -0.338 e. The second kappa shape index (κ2) is 6.65. The molecule has 6 nitrogen and oxygen atoms in total. The van der Waals surface area contributed by atoms with E-state index in [0.717, 1.165) is 31.4 Å². The number of rotatable bonds is 5. The van der Waals surface area contributed by atoms with Gasteiger partial charge >= 0.3 is 0 Å². The average Bonchev–Trinajstić information content (AvgIpc) is 3.12. The molecular formula is C14H25N5O. The molecule has 0 radical (unpaired) electrons. The summed E-state index contributed by atoms with van der Waals surface area (Å²) in [5, 5.41) is 3.97. The zero-order valence-corrected chi connectivity index (χ0v) is 12.1. The van der Waals surface area contributed by atoms with Gasteiger partial charge in [0.1, 0.15) is 0 Å². The summed E-state index contributed by atoms with van der Waals surface area (Å²) in [5.41, 5.74) is 5.48. The second-order valence-electron chi connectivity index (χ2n) is 6.04. The van der Waals surface area contributed by atoms with Crippen molar-refractivity contribution in [3.63, 3.8) is 0 Å².